The second-order valence-electron chi connectivity index (χ2n) is 6.60. The summed E-state index contributed by atoms with van der Waals surface area (Å²) in [6, 6.07) is 8.30. The molecule has 0 saturated carbocycles. The number of imidazole rings is 1. The molecule has 0 radical (unpaired) electrons. The van der Waals surface area contributed by atoms with Gasteiger partial charge in [0.25, 0.3) is 0 Å². The molecular formula is C19H18ClN5O4. The fourth-order valence-corrected chi connectivity index (χ4v) is 3.24. The maximum Gasteiger partial charge on any atom is 0.354 e. The third kappa shape index (κ3) is 3.94. The van der Waals surface area contributed by atoms with Crippen molar-refractivity contribution in [2.24, 2.45) is 7.05 Å². The number of rotatable bonds is 6. The molecule has 3 N–H and O–H groups in total. The molecule has 2 aromatic heterocycles. The van der Waals surface area contributed by atoms with Gasteiger partial charge in [0.2, 0.25) is 0 Å². The number of nitrogens with one attached hydrogen (secondary N) is 1. The summed E-state index contributed by atoms with van der Waals surface area (Å²) in [7, 11) is 1.66. The number of aliphatic hydroxyl groups excluding tert-OH is 1. The highest BCUT2D eigenvalue weighted by atomic mass is 35.5. The van der Waals surface area contributed by atoms with Crippen molar-refractivity contribution in [2.75, 3.05) is 5.32 Å². The number of aromatic carboxylic acids is 1. The van der Waals surface area contributed by atoms with E-state index in [-0.39, 0.29) is 27.8 Å². The number of pyridine rings is 1. The fourth-order valence-electron chi connectivity index (χ4n) is 3.00. The van der Waals surface area contributed by atoms with Crippen LogP contribution in [-0.4, -0.2) is 36.4 Å². The number of hydrogen-bond acceptors (Lipinski definition) is 6. The van der Waals surface area contributed by atoms with Crippen molar-refractivity contribution in [3.8, 4) is 6.07 Å². The van der Waals surface area contributed by atoms with E-state index in [9.17, 15) is 25.1 Å². The maximum atomic E-state index is 12.5. The molecule has 0 bridgehead atoms. The van der Waals surface area contributed by atoms with E-state index in [4.69, 9.17) is 11.6 Å². The quantitative estimate of drug-likeness (QED) is 0.526. The minimum Gasteiger partial charge on any atom is -0.477 e. The Bertz CT molecular complexity index is 1210. The van der Waals surface area contributed by atoms with E-state index in [1.165, 1.54) is 10.6 Å². The van der Waals surface area contributed by atoms with E-state index in [1.807, 2.05) is 6.07 Å². The zero-order valence-electron chi connectivity index (χ0n) is 15.7. The van der Waals surface area contributed by atoms with E-state index in [0.29, 0.717) is 29.7 Å². The van der Waals surface area contributed by atoms with Crippen LogP contribution < -0.4 is 11.0 Å². The highest BCUT2D eigenvalue weighted by Gasteiger charge is 2.16. The third-order valence-corrected chi connectivity index (χ3v) is 4.77. The van der Waals surface area contributed by atoms with Gasteiger partial charge in [0.05, 0.1) is 22.8 Å². The average molecular weight is 416 g/mol. The van der Waals surface area contributed by atoms with E-state index in [2.05, 4.69) is 10.3 Å². The van der Waals surface area contributed by atoms with Gasteiger partial charge in [0, 0.05) is 19.3 Å². The van der Waals surface area contributed by atoms with E-state index in [1.54, 1.807) is 36.7 Å². The standard InChI is InChI=1S/C19H18ClN5O4/c1-10(26)5-6-25-16-7-11(3-4-15(16)24(2)19(25)29)22-13-8-14(18(27)28)23-17(20)12(13)9-21/h3-4,7-8,10,26H,5-6H2,1-2H3,(H,22,23)(H,27,28). The Morgan fingerprint density at radius 2 is 2.10 bits per heavy atom. The van der Waals surface area contributed by atoms with Gasteiger partial charge in [0.1, 0.15) is 16.8 Å². The van der Waals surface area contributed by atoms with Crippen molar-refractivity contribution in [2.45, 2.75) is 26.0 Å². The molecule has 3 rings (SSSR count). The minimum absolute atomic E-state index is 0.0105. The molecular weight excluding hydrogens is 398 g/mol. The third-order valence-electron chi connectivity index (χ3n) is 4.50. The molecule has 3 aromatic rings. The first-order chi connectivity index (χ1) is 13.7. The predicted octanol–water partition coefficient (Wildman–Crippen LogP) is 2.47. The fraction of sp³-hybridized carbons (Fsp3) is 0.263. The number of hydrogen-bond donors (Lipinski definition) is 3. The van der Waals surface area contributed by atoms with Crippen LogP contribution >= 0.6 is 11.6 Å². The van der Waals surface area contributed by atoms with Crippen LogP contribution in [0.2, 0.25) is 5.15 Å². The number of carboxylic acids is 1. The smallest absolute Gasteiger partial charge is 0.354 e. The van der Waals surface area contributed by atoms with E-state index in [0.717, 1.165) is 0 Å². The lowest BCUT2D eigenvalue weighted by atomic mass is 10.2. The molecule has 0 spiro atoms. The number of aliphatic hydroxyl groups is 1. The zero-order chi connectivity index (χ0) is 21.3. The SMILES string of the molecule is CC(O)CCn1c(=O)n(C)c2ccc(Nc3cc(C(=O)O)nc(Cl)c3C#N)cc21. The molecule has 150 valence electrons. The lowest BCUT2D eigenvalue weighted by Crippen LogP contribution is -2.23. The Morgan fingerprint density at radius 1 is 1.38 bits per heavy atom. The van der Waals surface area contributed by atoms with Crippen LogP contribution in [0, 0.1) is 11.3 Å². The van der Waals surface area contributed by atoms with Gasteiger partial charge in [-0.1, -0.05) is 11.6 Å². The molecule has 1 unspecified atom stereocenters. The Labute approximate surface area is 170 Å². The molecule has 0 aliphatic carbocycles. The number of nitriles is 1. The highest BCUT2D eigenvalue weighted by molar-refractivity contribution is 6.31. The van der Waals surface area contributed by atoms with Crippen molar-refractivity contribution < 1.29 is 15.0 Å². The summed E-state index contributed by atoms with van der Waals surface area (Å²) in [5.41, 5.74) is 1.56. The summed E-state index contributed by atoms with van der Waals surface area (Å²) in [6.45, 7) is 1.99. The number of anilines is 2. The van der Waals surface area contributed by atoms with Crippen LogP contribution in [0.1, 0.15) is 29.4 Å². The van der Waals surface area contributed by atoms with Gasteiger partial charge in [-0.05, 0) is 37.6 Å². The van der Waals surface area contributed by atoms with Gasteiger partial charge in [-0.15, -0.1) is 0 Å². The average Bonchev–Trinajstić information content (AvgIpc) is 2.89. The summed E-state index contributed by atoms with van der Waals surface area (Å²) in [6.07, 6.45) is -0.137. The number of nitrogens with zero attached hydrogens (tertiary/aromatic N) is 4. The highest BCUT2D eigenvalue weighted by Crippen LogP contribution is 2.28. The Kier molecular flexibility index (Phi) is 5.59. The van der Waals surface area contributed by atoms with Crippen LogP contribution in [0.25, 0.3) is 11.0 Å². The molecule has 1 atom stereocenters. The Hall–Kier alpha value is -3.35. The summed E-state index contributed by atoms with van der Waals surface area (Å²) in [5, 5.41) is 30.9. The van der Waals surface area contributed by atoms with Gasteiger partial charge in [-0.2, -0.15) is 5.26 Å². The lowest BCUT2D eigenvalue weighted by molar-refractivity contribution is 0.0690. The number of halogens is 1. The van der Waals surface area contributed by atoms with Crippen LogP contribution in [0.4, 0.5) is 11.4 Å². The molecule has 0 saturated heterocycles. The normalized spacial score (nSPS) is 12.0. The number of aryl methyl sites for hydroxylation is 2. The van der Waals surface area contributed by atoms with Gasteiger partial charge in [-0.25, -0.2) is 14.6 Å². The summed E-state index contributed by atoms with van der Waals surface area (Å²) in [5.74, 6) is -1.27. The van der Waals surface area contributed by atoms with Gasteiger partial charge in [-0.3, -0.25) is 9.13 Å². The van der Waals surface area contributed by atoms with Crippen molar-refractivity contribution in [3.63, 3.8) is 0 Å². The van der Waals surface area contributed by atoms with Crippen LogP contribution in [0.5, 0.6) is 0 Å². The topological polar surface area (TPSA) is 133 Å². The van der Waals surface area contributed by atoms with Crippen molar-refractivity contribution >= 4 is 40.0 Å². The Morgan fingerprint density at radius 3 is 2.72 bits per heavy atom. The molecule has 9 nitrogen and oxygen atoms in total. The molecule has 29 heavy (non-hydrogen) atoms. The summed E-state index contributed by atoms with van der Waals surface area (Å²) in [4.78, 5) is 27.5. The van der Waals surface area contributed by atoms with Crippen LogP contribution in [-0.2, 0) is 13.6 Å². The summed E-state index contributed by atoms with van der Waals surface area (Å²) < 4.78 is 3.06. The second kappa shape index (κ2) is 7.95. The lowest BCUT2D eigenvalue weighted by Gasteiger charge is -2.11. The summed E-state index contributed by atoms with van der Waals surface area (Å²) >= 11 is 5.95. The molecule has 0 aliphatic rings. The van der Waals surface area contributed by atoms with E-state index < -0.39 is 12.1 Å². The first-order valence-corrected chi connectivity index (χ1v) is 9.09. The van der Waals surface area contributed by atoms with E-state index >= 15 is 0 Å². The largest absolute Gasteiger partial charge is 0.477 e. The van der Waals surface area contributed by atoms with Crippen LogP contribution in [0.3, 0.4) is 0 Å². The number of carboxylic acid groups (broad SMARTS) is 1. The molecule has 1 aromatic carbocycles. The molecule has 0 fully saturated rings. The Balaban J connectivity index is 2.08. The predicted molar refractivity (Wildman–Crippen MR) is 108 cm³/mol. The van der Waals surface area contributed by atoms with Crippen molar-refractivity contribution in [1.29, 1.82) is 5.26 Å². The second-order valence-corrected chi connectivity index (χ2v) is 6.96. The van der Waals surface area contributed by atoms with Crippen LogP contribution in [0.15, 0.2) is 29.1 Å². The molecule has 0 amide bonds. The number of aromatic nitrogens is 3. The molecule has 0 aliphatic heterocycles. The number of fused-ring (bicyclic) bond motifs is 1. The van der Waals surface area contributed by atoms with Gasteiger partial charge < -0.3 is 15.5 Å². The zero-order valence-corrected chi connectivity index (χ0v) is 16.4. The maximum absolute atomic E-state index is 12.5. The van der Waals surface area contributed by atoms with Crippen molar-refractivity contribution in [3.05, 3.63) is 51.2 Å². The van der Waals surface area contributed by atoms with Crippen molar-refractivity contribution in [1.82, 2.24) is 14.1 Å². The molecule has 2 heterocycles. The van der Waals surface area contributed by atoms with Gasteiger partial charge in [0.15, 0.2) is 5.69 Å². The first-order valence-electron chi connectivity index (χ1n) is 8.71. The first kappa shape index (κ1) is 20.4. The monoisotopic (exact) mass is 415 g/mol. The van der Waals surface area contributed by atoms with Gasteiger partial charge >= 0.3 is 11.7 Å². The molecule has 10 heteroatoms. The minimum atomic E-state index is -1.27. The number of benzene rings is 1. The number of carbonyl (C=O) groups is 1.